The Morgan fingerprint density at radius 3 is 2.83 bits per heavy atom. The van der Waals surface area contributed by atoms with Gasteiger partial charge in [0, 0.05) is 11.5 Å². The number of benzene rings is 1. The number of rotatable bonds is 5. The molecule has 0 amide bonds. The van der Waals surface area contributed by atoms with E-state index in [1.54, 1.807) is 0 Å². The Hall–Kier alpha value is -1.61. The SMILES string of the molecule is CCCC(C)Oc1cc(CO)nc2ccccc12. The van der Waals surface area contributed by atoms with Gasteiger partial charge in [-0.05, 0) is 25.5 Å². The summed E-state index contributed by atoms with van der Waals surface area (Å²) in [6.45, 7) is 4.14. The Bertz CT molecular complexity index is 525. The topological polar surface area (TPSA) is 42.4 Å². The smallest absolute Gasteiger partial charge is 0.131 e. The highest BCUT2D eigenvalue weighted by Gasteiger charge is 2.09. The van der Waals surface area contributed by atoms with Crippen molar-refractivity contribution in [2.45, 2.75) is 39.4 Å². The number of pyridine rings is 1. The molecular weight excluding hydrogens is 226 g/mol. The largest absolute Gasteiger partial charge is 0.490 e. The molecular formula is C15H19NO2. The van der Waals surface area contributed by atoms with Crippen LogP contribution in [-0.4, -0.2) is 16.2 Å². The van der Waals surface area contributed by atoms with E-state index >= 15 is 0 Å². The van der Waals surface area contributed by atoms with Crippen LogP contribution in [0.2, 0.25) is 0 Å². The van der Waals surface area contributed by atoms with E-state index < -0.39 is 0 Å². The third kappa shape index (κ3) is 2.79. The molecule has 0 fully saturated rings. The van der Waals surface area contributed by atoms with Crippen LogP contribution in [0.4, 0.5) is 0 Å². The van der Waals surface area contributed by atoms with Crippen LogP contribution >= 0.6 is 0 Å². The molecule has 0 aliphatic rings. The molecule has 0 spiro atoms. The quantitative estimate of drug-likeness (QED) is 0.878. The summed E-state index contributed by atoms with van der Waals surface area (Å²) in [5.74, 6) is 0.811. The molecule has 18 heavy (non-hydrogen) atoms. The molecule has 1 aromatic carbocycles. The third-order valence-electron chi connectivity index (χ3n) is 2.92. The van der Waals surface area contributed by atoms with E-state index in [1.807, 2.05) is 30.3 Å². The number of nitrogens with zero attached hydrogens (tertiary/aromatic N) is 1. The zero-order valence-corrected chi connectivity index (χ0v) is 10.9. The summed E-state index contributed by atoms with van der Waals surface area (Å²) in [5.41, 5.74) is 1.51. The first-order valence-corrected chi connectivity index (χ1v) is 6.40. The van der Waals surface area contributed by atoms with E-state index in [9.17, 15) is 5.11 Å². The average molecular weight is 245 g/mol. The molecule has 0 bridgehead atoms. The van der Waals surface area contributed by atoms with Crippen LogP contribution in [0.5, 0.6) is 5.75 Å². The van der Waals surface area contributed by atoms with Gasteiger partial charge in [-0.3, -0.25) is 4.98 Å². The number of hydrogen-bond donors (Lipinski definition) is 1. The highest BCUT2D eigenvalue weighted by molar-refractivity contribution is 5.85. The lowest BCUT2D eigenvalue weighted by atomic mass is 10.1. The minimum absolute atomic E-state index is 0.0661. The molecule has 3 heteroatoms. The second-order valence-corrected chi connectivity index (χ2v) is 4.50. The summed E-state index contributed by atoms with van der Waals surface area (Å²) in [6.07, 6.45) is 2.29. The first-order chi connectivity index (χ1) is 8.74. The summed E-state index contributed by atoms with van der Waals surface area (Å²) in [6, 6.07) is 9.67. The first-order valence-electron chi connectivity index (χ1n) is 6.40. The fourth-order valence-corrected chi connectivity index (χ4v) is 2.06. The predicted molar refractivity (Wildman–Crippen MR) is 72.7 cm³/mol. The fourth-order valence-electron chi connectivity index (χ4n) is 2.06. The summed E-state index contributed by atoms with van der Waals surface area (Å²) < 4.78 is 5.96. The van der Waals surface area contributed by atoms with Crippen LogP contribution in [-0.2, 0) is 6.61 Å². The van der Waals surface area contributed by atoms with Crippen LogP contribution in [0.3, 0.4) is 0 Å². The summed E-state index contributed by atoms with van der Waals surface area (Å²) in [7, 11) is 0. The molecule has 0 aliphatic carbocycles. The molecule has 0 radical (unpaired) electrons. The predicted octanol–water partition coefficient (Wildman–Crippen LogP) is 3.29. The number of ether oxygens (including phenoxy) is 1. The summed E-state index contributed by atoms with van der Waals surface area (Å²) in [5, 5.41) is 10.2. The van der Waals surface area contributed by atoms with Gasteiger partial charge in [0.05, 0.1) is 23.9 Å². The fraction of sp³-hybridized carbons (Fsp3) is 0.400. The van der Waals surface area contributed by atoms with Crippen LogP contribution < -0.4 is 4.74 Å². The normalized spacial score (nSPS) is 12.6. The van der Waals surface area contributed by atoms with E-state index in [4.69, 9.17) is 4.74 Å². The average Bonchev–Trinajstić information content (AvgIpc) is 2.38. The Kier molecular flexibility index (Phi) is 4.15. The lowest BCUT2D eigenvalue weighted by Gasteiger charge is -2.16. The van der Waals surface area contributed by atoms with Crippen LogP contribution in [0.15, 0.2) is 30.3 Å². The molecule has 0 saturated carbocycles. The van der Waals surface area contributed by atoms with Crippen molar-refractivity contribution in [1.82, 2.24) is 4.98 Å². The summed E-state index contributed by atoms with van der Waals surface area (Å²) >= 11 is 0. The minimum Gasteiger partial charge on any atom is -0.490 e. The molecule has 1 heterocycles. The molecule has 3 nitrogen and oxygen atoms in total. The van der Waals surface area contributed by atoms with Crippen LogP contribution in [0.1, 0.15) is 32.4 Å². The van der Waals surface area contributed by atoms with Gasteiger partial charge in [0.15, 0.2) is 0 Å². The zero-order valence-electron chi connectivity index (χ0n) is 10.9. The van der Waals surface area contributed by atoms with Gasteiger partial charge in [-0.2, -0.15) is 0 Å². The maximum Gasteiger partial charge on any atom is 0.131 e. The van der Waals surface area contributed by atoms with E-state index in [-0.39, 0.29) is 12.7 Å². The van der Waals surface area contributed by atoms with E-state index in [2.05, 4.69) is 18.8 Å². The highest BCUT2D eigenvalue weighted by atomic mass is 16.5. The van der Waals surface area contributed by atoms with Crippen molar-refractivity contribution in [3.8, 4) is 5.75 Å². The molecule has 0 saturated heterocycles. The lowest BCUT2D eigenvalue weighted by Crippen LogP contribution is -2.11. The van der Waals surface area contributed by atoms with Gasteiger partial charge in [0.2, 0.25) is 0 Å². The number of aliphatic hydroxyl groups excluding tert-OH is 1. The van der Waals surface area contributed by atoms with Gasteiger partial charge in [-0.15, -0.1) is 0 Å². The second-order valence-electron chi connectivity index (χ2n) is 4.50. The van der Waals surface area contributed by atoms with Crippen molar-refractivity contribution in [1.29, 1.82) is 0 Å². The van der Waals surface area contributed by atoms with Crippen molar-refractivity contribution in [3.63, 3.8) is 0 Å². The maximum absolute atomic E-state index is 9.24. The summed E-state index contributed by atoms with van der Waals surface area (Å²) in [4.78, 5) is 4.38. The molecule has 0 aliphatic heterocycles. The molecule has 2 aromatic rings. The Morgan fingerprint density at radius 1 is 1.33 bits per heavy atom. The second kappa shape index (κ2) is 5.83. The molecule has 1 N–H and O–H groups in total. The number of aromatic nitrogens is 1. The molecule has 96 valence electrons. The Morgan fingerprint density at radius 2 is 2.11 bits per heavy atom. The highest BCUT2D eigenvalue weighted by Crippen LogP contribution is 2.26. The maximum atomic E-state index is 9.24. The van der Waals surface area contributed by atoms with E-state index in [0.29, 0.717) is 5.69 Å². The minimum atomic E-state index is -0.0661. The van der Waals surface area contributed by atoms with Crippen molar-refractivity contribution in [3.05, 3.63) is 36.0 Å². The zero-order chi connectivity index (χ0) is 13.0. The number of hydrogen-bond acceptors (Lipinski definition) is 3. The molecule has 1 atom stereocenters. The van der Waals surface area contributed by atoms with Gasteiger partial charge >= 0.3 is 0 Å². The standard InChI is InChI=1S/C15H19NO2/c1-3-6-11(2)18-15-9-12(10-17)16-14-8-5-4-7-13(14)15/h4-5,7-9,11,17H,3,6,10H2,1-2H3. The van der Waals surface area contributed by atoms with Gasteiger partial charge in [0.1, 0.15) is 5.75 Å². The van der Waals surface area contributed by atoms with Crippen LogP contribution in [0, 0.1) is 0 Å². The van der Waals surface area contributed by atoms with Crippen molar-refractivity contribution in [2.75, 3.05) is 0 Å². The first kappa shape index (κ1) is 12.8. The third-order valence-corrected chi connectivity index (χ3v) is 2.92. The number of para-hydroxylation sites is 1. The molecule has 2 rings (SSSR count). The molecule has 1 aromatic heterocycles. The van der Waals surface area contributed by atoms with Gasteiger partial charge < -0.3 is 9.84 Å². The number of fused-ring (bicyclic) bond motifs is 1. The van der Waals surface area contributed by atoms with Crippen molar-refractivity contribution >= 4 is 10.9 Å². The van der Waals surface area contributed by atoms with E-state index in [1.165, 1.54) is 0 Å². The van der Waals surface area contributed by atoms with Crippen molar-refractivity contribution < 1.29 is 9.84 Å². The van der Waals surface area contributed by atoms with Crippen LogP contribution in [0.25, 0.3) is 10.9 Å². The Labute approximate surface area is 107 Å². The van der Waals surface area contributed by atoms with Gasteiger partial charge in [0.25, 0.3) is 0 Å². The van der Waals surface area contributed by atoms with Crippen molar-refractivity contribution in [2.24, 2.45) is 0 Å². The Balaban J connectivity index is 2.40. The van der Waals surface area contributed by atoms with Gasteiger partial charge in [-0.25, -0.2) is 0 Å². The molecule has 1 unspecified atom stereocenters. The van der Waals surface area contributed by atoms with Gasteiger partial charge in [-0.1, -0.05) is 25.5 Å². The lowest BCUT2D eigenvalue weighted by molar-refractivity contribution is 0.211. The number of aliphatic hydroxyl groups is 1. The van der Waals surface area contributed by atoms with E-state index in [0.717, 1.165) is 29.5 Å². The monoisotopic (exact) mass is 245 g/mol.